The number of carboxylic acids is 1. The zero-order valence-corrected chi connectivity index (χ0v) is 12.9. The van der Waals surface area contributed by atoms with Gasteiger partial charge in [-0.25, -0.2) is 4.79 Å². The number of anilines is 1. The van der Waals surface area contributed by atoms with Crippen LogP contribution in [0.3, 0.4) is 0 Å². The number of rotatable bonds is 5. The van der Waals surface area contributed by atoms with E-state index in [1.165, 1.54) is 18.2 Å². The number of nitrogens with one attached hydrogen (secondary N) is 1. The summed E-state index contributed by atoms with van der Waals surface area (Å²) in [5, 5.41) is 22.9. The van der Waals surface area contributed by atoms with Gasteiger partial charge in [-0.2, -0.15) is 0 Å². The molecule has 7 heteroatoms. The van der Waals surface area contributed by atoms with E-state index >= 15 is 0 Å². The predicted octanol–water partition coefficient (Wildman–Crippen LogP) is 3.51. The third-order valence-corrected chi connectivity index (χ3v) is 3.48. The first-order valence-electron chi connectivity index (χ1n) is 5.97. The lowest BCUT2D eigenvalue weighted by Gasteiger charge is -2.08. The van der Waals surface area contributed by atoms with Crippen molar-refractivity contribution in [2.24, 2.45) is 0 Å². The Labute approximate surface area is 134 Å². The second-order valence-electron chi connectivity index (χ2n) is 4.28. The van der Waals surface area contributed by atoms with Crippen LogP contribution in [0, 0.1) is 13.7 Å². The second-order valence-corrected chi connectivity index (χ2v) is 5.52. The van der Waals surface area contributed by atoms with E-state index in [0.717, 1.165) is 9.13 Å². The summed E-state index contributed by atoms with van der Waals surface area (Å²) in [5.74, 6) is -1.00. The van der Waals surface area contributed by atoms with E-state index in [1.54, 1.807) is 24.3 Å². The molecule has 0 aliphatic heterocycles. The largest absolute Gasteiger partial charge is 0.478 e. The molecule has 0 aromatic heterocycles. The van der Waals surface area contributed by atoms with Crippen molar-refractivity contribution >= 4 is 39.9 Å². The van der Waals surface area contributed by atoms with Crippen molar-refractivity contribution in [2.75, 3.05) is 5.32 Å². The Kier molecular flexibility index (Phi) is 4.73. The van der Waals surface area contributed by atoms with Crippen LogP contribution in [0.15, 0.2) is 42.5 Å². The van der Waals surface area contributed by atoms with Crippen molar-refractivity contribution < 1.29 is 14.8 Å². The molecule has 0 atom stereocenters. The van der Waals surface area contributed by atoms with Gasteiger partial charge in [0.1, 0.15) is 5.69 Å². The van der Waals surface area contributed by atoms with E-state index in [4.69, 9.17) is 5.11 Å². The zero-order chi connectivity index (χ0) is 15.4. The molecule has 2 rings (SSSR count). The minimum atomic E-state index is -1.00. The van der Waals surface area contributed by atoms with Gasteiger partial charge in [0, 0.05) is 16.2 Å². The summed E-state index contributed by atoms with van der Waals surface area (Å²) < 4.78 is 0.776. The summed E-state index contributed by atoms with van der Waals surface area (Å²) in [4.78, 5) is 21.5. The highest BCUT2D eigenvalue weighted by Gasteiger charge is 2.13. The summed E-state index contributed by atoms with van der Waals surface area (Å²) in [6.07, 6.45) is 0. The fourth-order valence-electron chi connectivity index (χ4n) is 1.82. The standard InChI is InChI=1S/C14H11IN2O4/c15-11-4-5-12(13(7-11)17(20)21)16-8-9-2-1-3-10(6-9)14(18)19/h1-7,16H,8H2,(H,18,19). The van der Waals surface area contributed by atoms with Gasteiger partial charge in [0.15, 0.2) is 0 Å². The predicted molar refractivity (Wildman–Crippen MR) is 86.5 cm³/mol. The quantitative estimate of drug-likeness (QED) is 0.457. The molecule has 2 aromatic carbocycles. The van der Waals surface area contributed by atoms with E-state index in [-0.39, 0.29) is 11.3 Å². The molecule has 0 saturated carbocycles. The zero-order valence-electron chi connectivity index (χ0n) is 10.7. The molecule has 0 radical (unpaired) electrons. The van der Waals surface area contributed by atoms with Gasteiger partial charge in [-0.05, 0) is 52.4 Å². The highest BCUT2D eigenvalue weighted by atomic mass is 127. The third-order valence-electron chi connectivity index (χ3n) is 2.81. The highest BCUT2D eigenvalue weighted by Crippen LogP contribution is 2.26. The normalized spacial score (nSPS) is 10.1. The van der Waals surface area contributed by atoms with Crippen LogP contribution in [0.5, 0.6) is 0 Å². The maximum Gasteiger partial charge on any atom is 0.335 e. The van der Waals surface area contributed by atoms with Crippen LogP contribution < -0.4 is 5.32 Å². The van der Waals surface area contributed by atoms with E-state index in [1.807, 2.05) is 22.6 Å². The number of nitro groups is 1. The van der Waals surface area contributed by atoms with Crippen molar-refractivity contribution in [2.45, 2.75) is 6.54 Å². The molecule has 0 heterocycles. The number of hydrogen-bond donors (Lipinski definition) is 2. The van der Waals surface area contributed by atoms with Crippen molar-refractivity contribution in [3.05, 3.63) is 67.3 Å². The van der Waals surface area contributed by atoms with Crippen LogP contribution in [-0.2, 0) is 6.54 Å². The van der Waals surface area contributed by atoms with Crippen molar-refractivity contribution in [1.82, 2.24) is 0 Å². The van der Waals surface area contributed by atoms with Gasteiger partial charge in [0.25, 0.3) is 5.69 Å². The number of hydrogen-bond acceptors (Lipinski definition) is 4. The molecule has 0 saturated heterocycles. The van der Waals surface area contributed by atoms with Gasteiger partial charge >= 0.3 is 5.97 Å². The number of carbonyl (C=O) groups is 1. The Bertz CT molecular complexity index is 703. The number of aromatic carboxylic acids is 1. The number of benzene rings is 2. The Morgan fingerprint density at radius 3 is 2.71 bits per heavy atom. The Hall–Kier alpha value is -2.16. The molecule has 0 bridgehead atoms. The van der Waals surface area contributed by atoms with Gasteiger partial charge in [-0.1, -0.05) is 12.1 Å². The fraction of sp³-hybridized carbons (Fsp3) is 0.0714. The maximum absolute atomic E-state index is 11.0. The first-order valence-corrected chi connectivity index (χ1v) is 7.05. The lowest BCUT2D eigenvalue weighted by Crippen LogP contribution is -2.04. The molecule has 108 valence electrons. The molecule has 0 unspecified atom stereocenters. The van der Waals surface area contributed by atoms with Gasteiger partial charge in [-0.3, -0.25) is 10.1 Å². The van der Waals surface area contributed by atoms with Gasteiger partial charge in [0.2, 0.25) is 0 Å². The molecule has 2 N–H and O–H groups in total. The van der Waals surface area contributed by atoms with Crippen LogP contribution in [0.25, 0.3) is 0 Å². The van der Waals surface area contributed by atoms with E-state index in [0.29, 0.717) is 12.2 Å². The number of carboxylic acid groups (broad SMARTS) is 1. The highest BCUT2D eigenvalue weighted by molar-refractivity contribution is 14.1. The Morgan fingerprint density at radius 1 is 1.29 bits per heavy atom. The Balaban J connectivity index is 2.18. The van der Waals surface area contributed by atoms with E-state index in [2.05, 4.69) is 5.32 Å². The second kappa shape index (κ2) is 6.53. The third kappa shape index (κ3) is 3.91. The lowest BCUT2D eigenvalue weighted by molar-refractivity contribution is -0.384. The van der Waals surface area contributed by atoms with Crippen LogP contribution in [0.2, 0.25) is 0 Å². The molecule has 0 amide bonds. The van der Waals surface area contributed by atoms with Gasteiger partial charge in [-0.15, -0.1) is 0 Å². The Morgan fingerprint density at radius 2 is 2.05 bits per heavy atom. The average Bonchev–Trinajstić information content (AvgIpc) is 2.46. The van der Waals surface area contributed by atoms with Crippen LogP contribution in [0.1, 0.15) is 15.9 Å². The molecule has 0 spiro atoms. The first-order chi connectivity index (χ1) is 9.97. The molecular formula is C14H11IN2O4. The smallest absolute Gasteiger partial charge is 0.335 e. The molecular weight excluding hydrogens is 387 g/mol. The number of nitrogens with zero attached hydrogens (tertiary/aromatic N) is 1. The van der Waals surface area contributed by atoms with Gasteiger partial charge in [0.05, 0.1) is 10.5 Å². The summed E-state index contributed by atoms with van der Waals surface area (Å²) in [6.45, 7) is 0.308. The SMILES string of the molecule is O=C(O)c1cccc(CNc2ccc(I)cc2[N+](=O)[O-])c1. The molecule has 0 aliphatic rings. The summed E-state index contributed by atoms with van der Waals surface area (Å²) >= 11 is 2.01. The van der Waals surface area contributed by atoms with Crippen molar-refractivity contribution in [3.63, 3.8) is 0 Å². The van der Waals surface area contributed by atoms with E-state index < -0.39 is 10.9 Å². The number of nitro benzene ring substituents is 1. The van der Waals surface area contributed by atoms with Crippen molar-refractivity contribution in [3.8, 4) is 0 Å². The van der Waals surface area contributed by atoms with Crippen LogP contribution in [0.4, 0.5) is 11.4 Å². The minimum absolute atomic E-state index is 0.00344. The van der Waals surface area contributed by atoms with Gasteiger partial charge < -0.3 is 10.4 Å². The molecule has 6 nitrogen and oxygen atoms in total. The molecule has 0 fully saturated rings. The average molecular weight is 398 g/mol. The summed E-state index contributed by atoms with van der Waals surface area (Å²) in [6, 6.07) is 11.3. The minimum Gasteiger partial charge on any atom is -0.478 e. The van der Waals surface area contributed by atoms with Crippen LogP contribution in [-0.4, -0.2) is 16.0 Å². The summed E-state index contributed by atoms with van der Waals surface area (Å²) in [5.41, 5.74) is 1.33. The summed E-state index contributed by atoms with van der Waals surface area (Å²) in [7, 11) is 0. The maximum atomic E-state index is 11.0. The first kappa shape index (κ1) is 15.2. The monoisotopic (exact) mass is 398 g/mol. The topological polar surface area (TPSA) is 92.5 Å². The molecule has 21 heavy (non-hydrogen) atoms. The fourth-order valence-corrected chi connectivity index (χ4v) is 2.29. The molecule has 0 aliphatic carbocycles. The van der Waals surface area contributed by atoms with Crippen molar-refractivity contribution in [1.29, 1.82) is 0 Å². The van der Waals surface area contributed by atoms with E-state index in [9.17, 15) is 14.9 Å². The number of halogens is 1. The molecule has 2 aromatic rings. The van der Waals surface area contributed by atoms with Crippen LogP contribution >= 0.6 is 22.6 Å². The lowest BCUT2D eigenvalue weighted by atomic mass is 10.1.